The molecule has 218 valence electrons. The quantitative estimate of drug-likeness (QED) is 0.255. The lowest BCUT2D eigenvalue weighted by atomic mass is 10.1. The summed E-state index contributed by atoms with van der Waals surface area (Å²) in [5.41, 5.74) is 0.821. The summed E-state index contributed by atoms with van der Waals surface area (Å²) in [7, 11) is -4.24. The number of carbonyl (C=O) groups is 2. The Kier molecular flexibility index (Phi) is 10.5. The van der Waals surface area contributed by atoms with E-state index in [1.54, 1.807) is 43.3 Å². The fourth-order valence-corrected chi connectivity index (χ4v) is 6.74. The van der Waals surface area contributed by atoms with Crippen molar-refractivity contribution in [2.75, 3.05) is 10.8 Å². The van der Waals surface area contributed by atoms with Crippen molar-refractivity contribution in [3.05, 3.63) is 92.4 Å². The molecule has 0 aromatic heterocycles. The zero-order chi connectivity index (χ0) is 29.7. The second kappa shape index (κ2) is 13.7. The van der Waals surface area contributed by atoms with Gasteiger partial charge in [0.1, 0.15) is 12.6 Å². The fourth-order valence-electron chi connectivity index (χ4n) is 4.70. The molecule has 1 aliphatic carbocycles. The van der Waals surface area contributed by atoms with Crippen LogP contribution in [0.4, 0.5) is 5.69 Å². The van der Waals surface area contributed by atoms with Gasteiger partial charge in [-0.1, -0.05) is 71.4 Å². The van der Waals surface area contributed by atoms with E-state index in [4.69, 9.17) is 46.4 Å². The molecule has 12 heteroatoms. The van der Waals surface area contributed by atoms with E-state index in [1.165, 1.54) is 35.2 Å². The average molecular weight is 657 g/mol. The van der Waals surface area contributed by atoms with Gasteiger partial charge in [-0.15, -0.1) is 0 Å². The Morgan fingerprint density at radius 3 is 2.22 bits per heavy atom. The number of nitrogens with one attached hydrogen (secondary N) is 1. The van der Waals surface area contributed by atoms with Crippen molar-refractivity contribution >= 4 is 73.9 Å². The van der Waals surface area contributed by atoms with Crippen LogP contribution in [-0.2, 0) is 26.2 Å². The van der Waals surface area contributed by atoms with Crippen LogP contribution in [0.3, 0.4) is 0 Å². The molecule has 3 aromatic rings. The number of anilines is 1. The Balaban J connectivity index is 1.70. The molecule has 0 saturated heterocycles. The van der Waals surface area contributed by atoms with E-state index in [1.807, 2.05) is 0 Å². The maximum Gasteiger partial charge on any atom is 0.264 e. The fraction of sp³-hybridized carbons (Fsp3) is 0.310. The summed E-state index contributed by atoms with van der Waals surface area (Å²) < 4.78 is 28.7. The molecule has 0 unspecified atom stereocenters. The van der Waals surface area contributed by atoms with E-state index in [0.717, 1.165) is 30.0 Å². The van der Waals surface area contributed by atoms with E-state index >= 15 is 0 Å². The molecule has 0 aliphatic heterocycles. The molecule has 1 atom stereocenters. The molecule has 1 aliphatic rings. The van der Waals surface area contributed by atoms with Gasteiger partial charge in [-0.05, 0) is 79.9 Å². The maximum atomic E-state index is 14.0. The van der Waals surface area contributed by atoms with Crippen molar-refractivity contribution in [1.82, 2.24) is 10.2 Å². The van der Waals surface area contributed by atoms with Crippen molar-refractivity contribution in [3.8, 4) is 0 Å². The highest BCUT2D eigenvalue weighted by atomic mass is 35.5. The van der Waals surface area contributed by atoms with Crippen molar-refractivity contribution in [2.45, 2.75) is 56.1 Å². The SMILES string of the molecule is C[C@@H](C(=O)NC1CCCC1)N(Cc1ccc(Cl)c(Cl)c1)C(=O)CN(c1cccc(Cl)c1)S(=O)(=O)c1ccc(Cl)cc1. The molecule has 0 bridgehead atoms. The lowest BCUT2D eigenvalue weighted by Gasteiger charge is -2.32. The third kappa shape index (κ3) is 7.87. The van der Waals surface area contributed by atoms with E-state index in [-0.39, 0.29) is 29.1 Å². The number of sulfonamides is 1. The van der Waals surface area contributed by atoms with Crippen molar-refractivity contribution in [3.63, 3.8) is 0 Å². The summed E-state index contributed by atoms with van der Waals surface area (Å²) in [6.07, 6.45) is 3.81. The van der Waals surface area contributed by atoms with Crippen LogP contribution in [-0.4, -0.2) is 43.8 Å². The van der Waals surface area contributed by atoms with Crippen LogP contribution in [0.1, 0.15) is 38.2 Å². The molecule has 41 heavy (non-hydrogen) atoms. The normalized spacial score (nSPS) is 14.5. The second-order valence-corrected chi connectivity index (χ2v) is 13.4. The van der Waals surface area contributed by atoms with Gasteiger partial charge in [-0.3, -0.25) is 13.9 Å². The first-order valence-corrected chi connectivity index (χ1v) is 16.0. The lowest BCUT2D eigenvalue weighted by molar-refractivity contribution is -0.139. The number of halogens is 4. The largest absolute Gasteiger partial charge is 0.352 e. The van der Waals surface area contributed by atoms with Gasteiger partial charge in [0.15, 0.2) is 0 Å². The molecule has 1 N–H and O–H groups in total. The molecule has 0 heterocycles. The standard InChI is InChI=1S/C29H29Cl4N3O4S/c1-19(29(38)34-23-6-2-3-7-23)35(17-20-9-14-26(32)27(33)15-20)28(37)18-36(24-8-4-5-22(31)16-24)41(39,40)25-12-10-21(30)11-13-25/h4-5,8-16,19,23H,2-3,6-7,17-18H2,1H3,(H,34,38)/t19-/m0/s1. The first-order valence-electron chi connectivity index (χ1n) is 13.0. The van der Waals surface area contributed by atoms with E-state index < -0.39 is 28.5 Å². The number of hydrogen-bond acceptors (Lipinski definition) is 4. The van der Waals surface area contributed by atoms with Gasteiger partial charge >= 0.3 is 0 Å². The Morgan fingerprint density at radius 1 is 0.902 bits per heavy atom. The molecule has 0 spiro atoms. The lowest BCUT2D eigenvalue weighted by Crippen LogP contribution is -2.52. The van der Waals surface area contributed by atoms with Gasteiger partial charge in [0.25, 0.3) is 10.0 Å². The van der Waals surface area contributed by atoms with E-state index in [9.17, 15) is 18.0 Å². The molecule has 1 saturated carbocycles. The summed E-state index contributed by atoms with van der Waals surface area (Å²) in [5.74, 6) is -0.914. The summed E-state index contributed by atoms with van der Waals surface area (Å²) >= 11 is 24.5. The minimum absolute atomic E-state index is 0.000641. The molecular weight excluding hydrogens is 628 g/mol. The first-order chi connectivity index (χ1) is 19.5. The number of carbonyl (C=O) groups excluding carboxylic acids is 2. The third-order valence-electron chi connectivity index (χ3n) is 6.98. The van der Waals surface area contributed by atoms with Crippen molar-refractivity contribution < 1.29 is 18.0 Å². The number of hydrogen-bond donors (Lipinski definition) is 1. The molecule has 7 nitrogen and oxygen atoms in total. The van der Waals surface area contributed by atoms with Gasteiger partial charge in [0.05, 0.1) is 20.6 Å². The molecule has 0 radical (unpaired) electrons. The summed E-state index contributed by atoms with van der Waals surface area (Å²) in [5, 5.41) is 4.34. The van der Waals surface area contributed by atoms with Crippen LogP contribution in [0.5, 0.6) is 0 Å². The van der Waals surface area contributed by atoms with Crippen molar-refractivity contribution in [1.29, 1.82) is 0 Å². The highest BCUT2D eigenvalue weighted by molar-refractivity contribution is 7.92. The summed E-state index contributed by atoms with van der Waals surface area (Å²) in [6.45, 7) is 1.03. The molecule has 4 rings (SSSR count). The van der Waals surface area contributed by atoms with Gasteiger partial charge in [0.2, 0.25) is 11.8 Å². The average Bonchev–Trinajstić information content (AvgIpc) is 3.45. The van der Waals surface area contributed by atoms with Gasteiger partial charge in [-0.2, -0.15) is 0 Å². The summed E-state index contributed by atoms with van der Waals surface area (Å²) in [4.78, 5) is 28.6. The van der Waals surface area contributed by atoms with Crippen LogP contribution in [0.25, 0.3) is 0 Å². The van der Waals surface area contributed by atoms with Crippen LogP contribution in [0.2, 0.25) is 20.1 Å². The maximum absolute atomic E-state index is 14.0. The van der Waals surface area contributed by atoms with Crippen molar-refractivity contribution in [2.24, 2.45) is 0 Å². The minimum Gasteiger partial charge on any atom is -0.352 e. The number of rotatable bonds is 10. The first kappa shape index (κ1) is 31.4. The summed E-state index contributed by atoms with van der Waals surface area (Å²) in [6, 6.07) is 15.9. The zero-order valence-corrected chi connectivity index (χ0v) is 26.0. The van der Waals surface area contributed by atoms with E-state index in [0.29, 0.717) is 25.7 Å². The highest BCUT2D eigenvalue weighted by Crippen LogP contribution is 2.28. The number of nitrogens with zero attached hydrogens (tertiary/aromatic N) is 2. The van der Waals surface area contributed by atoms with Crippen LogP contribution < -0.4 is 9.62 Å². The molecule has 3 aromatic carbocycles. The van der Waals surface area contributed by atoms with Crippen LogP contribution in [0, 0.1) is 0 Å². The van der Waals surface area contributed by atoms with Crippen LogP contribution >= 0.6 is 46.4 Å². The third-order valence-corrected chi connectivity index (χ3v) is 10.00. The Hall–Kier alpha value is -2.49. The van der Waals surface area contributed by atoms with E-state index in [2.05, 4.69) is 5.32 Å². The predicted molar refractivity (Wildman–Crippen MR) is 164 cm³/mol. The topological polar surface area (TPSA) is 86.8 Å². The smallest absolute Gasteiger partial charge is 0.264 e. The Labute approximate surface area is 260 Å². The van der Waals surface area contributed by atoms with Gasteiger partial charge in [-0.25, -0.2) is 8.42 Å². The molecule has 1 fully saturated rings. The monoisotopic (exact) mass is 655 g/mol. The second-order valence-electron chi connectivity index (χ2n) is 9.88. The zero-order valence-electron chi connectivity index (χ0n) is 22.2. The van der Waals surface area contributed by atoms with Gasteiger partial charge in [0, 0.05) is 22.6 Å². The Bertz CT molecular complexity index is 1510. The number of benzene rings is 3. The highest BCUT2D eigenvalue weighted by Gasteiger charge is 2.33. The van der Waals surface area contributed by atoms with Crippen LogP contribution in [0.15, 0.2) is 71.6 Å². The predicted octanol–water partition coefficient (Wildman–Crippen LogP) is 6.97. The molecule has 2 amide bonds. The Morgan fingerprint density at radius 2 is 1.59 bits per heavy atom. The van der Waals surface area contributed by atoms with Gasteiger partial charge < -0.3 is 10.2 Å². The number of amides is 2. The minimum atomic E-state index is -4.24. The molecular formula is C29H29Cl4N3O4S.